The van der Waals surface area contributed by atoms with Crippen LogP contribution in [0.2, 0.25) is 0 Å². The molecule has 11 heteroatoms. The van der Waals surface area contributed by atoms with Crippen LogP contribution in [0.15, 0.2) is 34.3 Å². The first-order valence-electron chi connectivity index (χ1n) is 7.44. The molecule has 0 aromatic heterocycles. The second kappa shape index (κ2) is 6.75. The third kappa shape index (κ3) is 2.52. The van der Waals surface area contributed by atoms with Gasteiger partial charge in [-0.15, -0.1) is 23.2 Å². The molecule has 1 amide bonds. The lowest BCUT2D eigenvalue weighted by molar-refractivity contribution is -0.146. The van der Waals surface area contributed by atoms with Gasteiger partial charge in [-0.3, -0.25) is 9.59 Å². The van der Waals surface area contributed by atoms with Crippen molar-refractivity contribution in [3.8, 4) is 5.75 Å². The van der Waals surface area contributed by atoms with Crippen molar-refractivity contribution < 1.29 is 19.4 Å². The Labute approximate surface area is 184 Å². The van der Waals surface area contributed by atoms with Crippen LogP contribution in [0.4, 0.5) is 5.69 Å². The average molecular weight is 494 g/mol. The Bertz CT molecular complexity index is 874. The smallest absolute Gasteiger partial charge is 0.309 e. The summed E-state index contributed by atoms with van der Waals surface area (Å²) in [5.41, 5.74) is 0.293. The zero-order chi connectivity index (χ0) is 20.4. The van der Waals surface area contributed by atoms with Gasteiger partial charge in [0.1, 0.15) is 15.5 Å². The topological polar surface area (TPSA) is 75.6 Å². The quantitative estimate of drug-likeness (QED) is 0.591. The van der Waals surface area contributed by atoms with Crippen LogP contribution in [0.3, 0.4) is 0 Å². The number of aliphatic carboxylic acids is 1. The maximum Gasteiger partial charge on any atom is 0.309 e. The van der Waals surface area contributed by atoms with Crippen molar-refractivity contribution in [2.24, 2.45) is 11.8 Å². The van der Waals surface area contributed by atoms with Crippen LogP contribution in [-0.4, -0.2) is 38.2 Å². The number of carboxylic acids is 1. The molecule has 0 spiro atoms. The van der Waals surface area contributed by atoms with E-state index in [2.05, 4.69) is 5.32 Å². The molecule has 2 aliphatic rings. The van der Waals surface area contributed by atoms with Crippen molar-refractivity contribution in [2.45, 2.75) is 14.1 Å². The number of nitrogens with one attached hydrogen (secondary N) is 1. The molecule has 1 aromatic rings. The number of benzene rings is 1. The molecule has 4 atom stereocenters. The van der Waals surface area contributed by atoms with E-state index in [-0.39, 0.29) is 10.1 Å². The van der Waals surface area contributed by atoms with Gasteiger partial charge in [0.2, 0.25) is 5.91 Å². The van der Waals surface area contributed by atoms with Gasteiger partial charge in [0, 0.05) is 0 Å². The van der Waals surface area contributed by atoms with Crippen LogP contribution >= 0.6 is 69.6 Å². The van der Waals surface area contributed by atoms with Crippen molar-refractivity contribution in [1.29, 1.82) is 0 Å². The largest absolute Gasteiger partial charge is 0.495 e. The highest BCUT2D eigenvalue weighted by Gasteiger charge is 2.85. The number of ether oxygens (including phenoxy) is 1. The highest BCUT2D eigenvalue weighted by molar-refractivity contribution is 6.66. The minimum atomic E-state index is -2.15. The number of alkyl halides is 4. The van der Waals surface area contributed by atoms with Crippen LogP contribution in [0.5, 0.6) is 5.75 Å². The Morgan fingerprint density at radius 2 is 1.56 bits per heavy atom. The lowest BCUT2D eigenvalue weighted by atomic mass is 9.81. The minimum Gasteiger partial charge on any atom is -0.495 e. The Hall–Kier alpha value is -0.560. The van der Waals surface area contributed by atoms with Crippen molar-refractivity contribution >= 4 is 87.2 Å². The lowest BCUT2D eigenvalue weighted by Gasteiger charge is -2.33. The van der Waals surface area contributed by atoms with Gasteiger partial charge in [-0.25, -0.2) is 0 Å². The number of hydrogen-bond acceptors (Lipinski definition) is 3. The van der Waals surface area contributed by atoms with E-state index >= 15 is 0 Å². The second-order valence-electron chi connectivity index (χ2n) is 6.11. The first-order chi connectivity index (χ1) is 12.5. The van der Waals surface area contributed by atoms with Gasteiger partial charge in [-0.05, 0) is 12.1 Å². The van der Waals surface area contributed by atoms with Gasteiger partial charge >= 0.3 is 5.97 Å². The van der Waals surface area contributed by atoms with Crippen molar-refractivity contribution in [1.82, 2.24) is 0 Å². The van der Waals surface area contributed by atoms with Gasteiger partial charge < -0.3 is 15.2 Å². The van der Waals surface area contributed by atoms with E-state index in [9.17, 15) is 14.7 Å². The monoisotopic (exact) mass is 491 g/mol. The fraction of sp³-hybridized carbons (Fsp3) is 0.375. The summed E-state index contributed by atoms with van der Waals surface area (Å²) in [7, 11) is 1.42. The number of hydrogen-bond donors (Lipinski definition) is 2. The van der Waals surface area contributed by atoms with Gasteiger partial charge in [0.05, 0.1) is 34.7 Å². The number of para-hydroxylation sites is 2. The molecule has 5 nitrogen and oxygen atoms in total. The lowest BCUT2D eigenvalue weighted by Crippen LogP contribution is -2.47. The maximum atomic E-state index is 13.1. The van der Waals surface area contributed by atoms with Crippen LogP contribution in [-0.2, 0) is 9.59 Å². The van der Waals surface area contributed by atoms with Crippen LogP contribution < -0.4 is 10.1 Å². The number of carboxylic acid groups (broad SMARTS) is 1. The number of carbonyl (C=O) groups excluding carboxylic acids is 1. The van der Waals surface area contributed by atoms with E-state index in [1.165, 1.54) is 7.11 Å². The van der Waals surface area contributed by atoms with Gasteiger partial charge in [0.25, 0.3) is 0 Å². The molecule has 1 fully saturated rings. The SMILES string of the molecule is COc1ccccc1NC(=O)[C@H]1[C@H](C(=O)O)[C@@]2(Cl)C(Cl)=C(Cl)[C@@]1(Cl)C2(Cl)Cl. The zero-order valence-corrected chi connectivity index (χ0v) is 17.9. The molecule has 2 aliphatic carbocycles. The summed E-state index contributed by atoms with van der Waals surface area (Å²) in [6, 6.07) is 6.53. The standard InChI is InChI=1S/C16H11Cl6NO4/c1-27-7-5-3-2-4-6(7)23-12(24)8-9(13(25)26)15(20)11(18)10(17)14(8,19)16(15,21)22/h2-5,8-9H,1H3,(H,23,24)(H,25,26)/t8-,9-,14-,15-/m1/s1. The number of rotatable bonds is 4. The van der Waals surface area contributed by atoms with E-state index in [1.54, 1.807) is 24.3 Å². The molecule has 0 radical (unpaired) electrons. The third-order valence-electron chi connectivity index (χ3n) is 4.85. The number of amides is 1. The van der Waals surface area contributed by atoms with E-state index in [0.29, 0.717) is 11.4 Å². The number of halogens is 6. The molecule has 0 unspecified atom stereocenters. The summed E-state index contributed by atoms with van der Waals surface area (Å²) in [6.45, 7) is 0. The zero-order valence-electron chi connectivity index (χ0n) is 13.4. The molecular formula is C16H11Cl6NO4. The van der Waals surface area contributed by atoms with Crippen molar-refractivity contribution in [2.75, 3.05) is 12.4 Å². The predicted molar refractivity (Wildman–Crippen MR) is 107 cm³/mol. The third-order valence-corrected chi connectivity index (χ3v) is 9.11. The van der Waals surface area contributed by atoms with Crippen molar-refractivity contribution in [3.05, 3.63) is 34.3 Å². The van der Waals surface area contributed by atoms with Gasteiger partial charge in [-0.1, -0.05) is 58.5 Å². The van der Waals surface area contributed by atoms with Crippen LogP contribution in [0.1, 0.15) is 0 Å². The fourth-order valence-electron chi connectivity index (χ4n) is 3.59. The molecule has 0 saturated heterocycles. The summed E-state index contributed by atoms with van der Waals surface area (Å²) in [6.07, 6.45) is 0. The highest BCUT2D eigenvalue weighted by Crippen LogP contribution is 2.76. The molecular weight excluding hydrogens is 483 g/mol. The summed E-state index contributed by atoms with van der Waals surface area (Å²) in [5, 5.41) is 11.8. The summed E-state index contributed by atoms with van der Waals surface area (Å²) < 4.78 is 3.02. The van der Waals surface area contributed by atoms with E-state index in [4.69, 9.17) is 74.3 Å². The first kappa shape index (κ1) is 21.2. The molecule has 1 aromatic carbocycles. The molecule has 2 N–H and O–H groups in total. The average Bonchev–Trinajstić information content (AvgIpc) is 2.82. The molecule has 0 heterocycles. The summed E-state index contributed by atoms with van der Waals surface area (Å²) in [5.74, 6) is -5.02. The highest BCUT2D eigenvalue weighted by atomic mass is 35.5. The Morgan fingerprint density at radius 3 is 2.07 bits per heavy atom. The number of fused-ring (bicyclic) bond motifs is 2. The molecule has 3 rings (SSSR count). The predicted octanol–water partition coefficient (Wildman–Crippen LogP) is 4.80. The second-order valence-corrected chi connectivity index (χ2v) is 9.38. The number of methoxy groups -OCH3 is 1. The molecule has 27 heavy (non-hydrogen) atoms. The van der Waals surface area contributed by atoms with Gasteiger partial charge in [-0.2, -0.15) is 0 Å². The van der Waals surface area contributed by atoms with Crippen LogP contribution in [0, 0.1) is 11.8 Å². The van der Waals surface area contributed by atoms with E-state index < -0.39 is 37.8 Å². The fourth-order valence-corrected chi connectivity index (χ4v) is 6.52. The normalized spacial score (nSPS) is 33.9. The Morgan fingerprint density at radius 1 is 1.04 bits per heavy atom. The molecule has 146 valence electrons. The molecule has 1 saturated carbocycles. The maximum absolute atomic E-state index is 13.1. The van der Waals surface area contributed by atoms with Crippen LogP contribution in [0.25, 0.3) is 0 Å². The number of carbonyl (C=O) groups is 2. The van der Waals surface area contributed by atoms with E-state index in [1.807, 2.05) is 0 Å². The first-order valence-corrected chi connectivity index (χ1v) is 9.71. The number of anilines is 1. The number of allylic oxidation sites excluding steroid dienone is 2. The molecule has 2 bridgehead atoms. The Balaban J connectivity index is 2.12. The summed E-state index contributed by atoms with van der Waals surface area (Å²) >= 11 is 38.1. The van der Waals surface area contributed by atoms with Crippen molar-refractivity contribution in [3.63, 3.8) is 0 Å². The minimum absolute atomic E-state index is 0.261. The molecule has 0 aliphatic heterocycles. The Kier molecular flexibility index (Phi) is 5.29. The summed E-state index contributed by atoms with van der Waals surface area (Å²) in [4.78, 5) is 20.9. The van der Waals surface area contributed by atoms with E-state index in [0.717, 1.165) is 0 Å². The van der Waals surface area contributed by atoms with Gasteiger partial charge in [0.15, 0.2) is 4.33 Å².